The molecule has 15 heavy (non-hydrogen) atoms. The molecular formula is C12H8N2O. The second-order valence-corrected chi connectivity index (χ2v) is 3.36. The molecule has 3 heteroatoms. The molecule has 1 aliphatic carbocycles. The van der Waals surface area contributed by atoms with Gasteiger partial charge in [0.05, 0.1) is 24.5 Å². The van der Waals surface area contributed by atoms with Crippen molar-refractivity contribution in [3.63, 3.8) is 0 Å². The highest BCUT2D eigenvalue weighted by Gasteiger charge is 2.24. The van der Waals surface area contributed by atoms with Crippen LogP contribution in [0.3, 0.4) is 0 Å². The van der Waals surface area contributed by atoms with Crippen LogP contribution in [0.25, 0.3) is 10.4 Å². The molecule has 0 N–H and O–H groups in total. The van der Waals surface area contributed by atoms with Crippen molar-refractivity contribution < 1.29 is 4.42 Å². The van der Waals surface area contributed by atoms with Gasteiger partial charge >= 0.3 is 0 Å². The molecule has 0 spiro atoms. The van der Waals surface area contributed by atoms with Crippen LogP contribution in [-0.4, -0.2) is 0 Å². The monoisotopic (exact) mass is 196 g/mol. The van der Waals surface area contributed by atoms with E-state index in [0.29, 0.717) is 23.5 Å². The number of nitriles is 1. The maximum atomic E-state index is 9.03. The fourth-order valence-corrected chi connectivity index (χ4v) is 1.73. The van der Waals surface area contributed by atoms with Gasteiger partial charge in [-0.15, -0.1) is 0 Å². The first kappa shape index (κ1) is 9.30. The van der Waals surface area contributed by atoms with Gasteiger partial charge in [0, 0.05) is 5.57 Å². The SMILES string of the molecule is [C-]#[N+]C1=C(C)CC(c2ccco2)=C1C#N. The largest absolute Gasteiger partial charge is 0.465 e. The molecule has 0 amide bonds. The van der Waals surface area contributed by atoms with Gasteiger partial charge in [0.25, 0.3) is 0 Å². The Hall–Kier alpha value is -2.26. The molecule has 1 aliphatic rings. The molecule has 1 aromatic rings. The van der Waals surface area contributed by atoms with E-state index in [1.54, 1.807) is 12.3 Å². The number of nitrogens with zero attached hydrogens (tertiary/aromatic N) is 2. The van der Waals surface area contributed by atoms with Crippen molar-refractivity contribution in [2.45, 2.75) is 13.3 Å². The van der Waals surface area contributed by atoms with Crippen LogP contribution in [0.5, 0.6) is 0 Å². The van der Waals surface area contributed by atoms with Crippen LogP contribution < -0.4 is 0 Å². The summed E-state index contributed by atoms with van der Waals surface area (Å²) >= 11 is 0. The summed E-state index contributed by atoms with van der Waals surface area (Å²) < 4.78 is 5.25. The maximum absolute atomic E-state index is 9.03. The van der Waals surface area contributed by atoms with Gasteiger partial charge in [-0.05, 0) is 18.6 Å². The molecule has 0 aromatic carbocycles. The second kappa shape index (κ2) is 3.48. The summed E-state index contributed by atoms with van der Waals surface area (Å²) in [5.41, 5.74) is 2.69. The highest BCUT2D eigenvalue weighted by Crippen LogP contribution is 2.38. The third-order valence-corrected chi connectivity index (χ3v) is 2.43. The van der Waals surface area contributed by atoms with Crippen molar-refractivity contribution in [3.05, 3.63) is 52.4 Å². The molecule has 72 valence electrons. The first-order chi connectivity index (χ1) is 7.27. The number of hydrogen-bond acceptors (Lipinski definition) is 2. The van der Waals surface area contributed by atoms with Gasteiger partial charge in [0.1, 0.15) is 5.76 Å². The molecule has 0 saturated carbocycles. The number of hydrogen-bond donors (Lipinski definition) is 0. The summed E-state index contributed by atoms with van der Waals surface area (Å²) in [5, 5.41) is 9.03. The van der Waals surface area contributed by atoms with Crippen molar-refractivity contribution in [2.24, 2.45) is 0 Å². The molecule has 0 fully saturated rings. The van der Waals surface area contributed by atoms with E-state index in [2.05, 4.69) is 10.9 Å². The second-order valence-electron chi connectivity index (χ2n) is 3.36. The summed E-state index contributed by atoms with van der Waals surface area (Å²) in [6, 6.07) is 5.67. The molecule has 0 bridgehead atoms. The number of allylic oxidation sites excluding steroid dienone is 3. The van der Waals surface area contributed by atoms with Crippen LogP contribution >= 0.6 is 0 Å². The molecule has 0 radical (unpaired) electrons. The Morgan fingerprint density at radius 1 is 1.60 bits per heavy atom. The minimum atomic E-state index is 0.456. The van der Waals surface area contributed by atoms with Crippen LogP contribution in [0.2, 0.25) is 0 Å². The van der Waals surface area contributed by atoms with Crippen LogP contribution in [0.4, 0.5) is 0 Å². The zero-order valence-electron chi connectivity index (χ0n) is 8.24. The van der Waals surface area contributed by atoms with E-state index in [4.69, 9.17) is 16.3 Å². The van der Waals surface area contributed by atoms with Gasteiger partial charge in [0.2, 0.25) is 5.70 Å². The van der Waals surface area contributed by atoms with Gasteiger partial charge in [0.15, 0.2) is 0 Å². The summed E-state index contributed by atoms with van der Waals surface area (Å²) in [6.07, 6.45) is 2.20. The third kappa shape index (κ3) is 1.35. The van der Waals surface area contributed by atoms with E-state index in [0.717, 1.165) is 11.1 Å². The average Bonchev–Trinajstić information content (AvgIpc) is 2.83. The predicted molar refractivity (Wildman–Crippen MR) is 55.2 cm³/mol. The first-order valence-corrected chi connectivity index (χ1v) is 4.52. The molecule has 0 unspecified atom stereocenters. The lowest BCUT2D eigenvalue weighted by Crippen LogP contribution is -1.82. The topological polar surface area (TPSA) is 41.3 Å². The van der Waals surface area contributed by atoms with E-state index in [1.807, 2.05) is 13.0 Å². The van der Waals surface area contributed by atoms with Crippen molar-refractivity contribution in [1.29, 1.82) is 5.26 Å². The summed E-state index contributed by atoms with van der Waals surface area (Å²) in [6.45, 7) is 8.91. The van der Waals surface area contributed by atoms with Gasteiger partial charge in [-0.1, -0.05) is 12.5 Å². The van der Waals surface area contributed by atoms with Crippen LogP contribution in [0, 0.1) is 17.9 Å². The van der Waals surface area contributed by atoms with Crippen molar-refractivity contribution in [2.75, 3.05) is 0 Å². The Morgan fingerprint density at radius 3 is 2.93 bits per heavy atom. The van der Waals surface area contributed by atoms with Crippen molar-refractivity contribution >= 4 is 5.57 Å². The smallest absolute Gasteiger partial charge is 0.204 e. The quantitative estimate of drug-likeness (QED) is 0.647. The average molecular weight is 196 g/mol. The number of rotatable bonds is 1. The fourth-order valence-electron chi connectivity index (χ4n) is 1.73. The van der Waals surface area contributed by atoms with E-state index in [-0.39, 0.29) is 0 Å². The molecule has 1 aromatic heterocycles. The lowest BCUT2D eigenvalue weighted by molar-refractivity contribution is 0.551. The Balaban J connectivity index is 2.55. The Labute approximate surface area is 87.8 Å². The van der Waals surface area contributed by atoms with E-state index in [9.17, 15) is 0 Å². The highest BCUT2D eigenvalue weighted by molar-refractivity contribution is 5.80. The Morgan fingerprint density at radius 2 is 2.40 bits per heavy atom. The normalized spacial score (nSPS) is 15.4. The van der Waals surface area contributed by atoms with Gasteiger partial charge < -0.3 is 4.42 Å². The molecule has 0 saturated heterocycles. The van der Waals surface area contributed by atoms with E-state index < -0.39 is 0 Å². The van der Waals surface area contributed by atoms with E-state index in [1.165, 1.54) is 0 Å². The molecule has 3 nitrogen and oxygen atoms in total. The van der Waals surface area contributed by atoms with Crippen molar-refractivity contribution in [3.8, 4) is 6.07 Å². The van der Waals surface area contributed by atoms with Gasteiger partial charge in [-0.3, -0.25) is 0 Å². The molecule has 0 atom stereocenters. The minimum absolute atomic E-state index is 0.456. The summed E-state index contributed by atoms with van der Waals surface area (Å²) in [4.78, 5) is 3.39. The molecular weight excluding hydrogens is 188 g/mol. The van der Waals surface area contributed by atoms with Gasteiger partial charge in [-0.25, -0.2) is 4.85 Å². The Kier molecular flexibility index (Phi) is 2.15. The number of furan rings is 1. The fraction of sp³-hybridized carbons (Fsp3) is 0.167. The van der Waals surface area contributed by atoms with Crippen LogP contribution in [-0.2, 0) is 0 Å². The van der Waals surface area contributed by atoms with Crippen LogP contribution in [0.15, 0.2) is 39.7 Å². The molecule has 0 aliphatic heterocycles. The lowest BCUT2D eigenvalue weighted by atomic mass is 10.1. The summed E-state index contributed by atoms with van der Waals surface area (Å²) in [7, 11) is 0. The molecule has 1 heterocycles. The lowest BCUT2D eigenvalue weighted by Gasteiger charge is -1.98. The standard InChI is InChI=1S/C12H8N2O/c1-8-6-9(11-4-3-5-15-11)10(7-13)12(8)14-2/h3-5H,6H2,1H3. The first-order valence-electron chi connectivity index (χ1n) is 4.52. The van der Waals surface area contributed by atoms with Crippen LogP contribution in [0.1, 0.15) is 19.1 Å². The molecule has 2 rings (SSSR count). The highest BCUT2D eigenvalue weighted by atomic mass is 16.3. The van der Waals surface area contributed by atoms with E-state index >= 15 is 0 Å². The Bertz CT molecular complexity index is 533. The predicted octanol–water partition coefficient (Wildman–Crippen LogP) is 3.15. The summed E-state index contributed by atoms with van der Waals surface area (Å²) in [5.74, 6) is 0.685. The van der Waals surface area contributed by atoms with Gasteiger partial charge in [-0.2, -0.15) is 5.26 Å². The zero-order valence-corrected chi connectivity index (χ0v) is 8.24. The third-order valence-electron chi connectivity index (χ3n) is 2.43. The minimum Gasteiger partial charge on any atom is -0.465 e. The van der Waals surface area contributed by atoms with Crippen molar-refractivity contribution in [1.82, 2.24) is 0 Å². The maximum Gasteiger partial charge on any atom is 0.204 e. The zero-order chi connectivity index (χ0) is 10.8.